The molecule has 18 heavy (non-hydrogen) atoms. The molecule has 0 aliphatic carbocycles. The number of hydrogen-bond acceptors (Lipinski definition) is 5. The maximum atomic E-state index is 8.65. The Bertz CT molecular complexity index is 483. The van der Waals surface area contributed by atoms with Gasteiger partial charge >= 0.3 is 0 Å². The molecule has 0 amide bonds. The van der Waals surface area contributed by atoms with Crippen molar-refractivity contribution in [2.45, 2.75) is 27.7 Å². The van der Waals surface area contributed by atoms with Crippen molar-refractivity contribution in [1.29, 1.82) is 5.26 Å². The van der Waals surface area contributed by atoms with Gasteiger partial charge in [0.15, 0.2) is 0 Å². The Balaban J connectivity index is 0.000000659. The topological polar surface area (TPSA) is 93.4 Å². The van der Waals surface area contributed by atoms with Crippen molar-refractivity contribution in [2.75, 3.05) is 5.73 Å². The van der Waals surface area contributed by atoms with Crippen LogP contribution in [0.5, 0.6) is 0 Å². The van der Waals surface area contributed by atoms with E-state index >= 15 is 0 Å². The summed E-state index contributed by atoms with van der Waals surface area (Å²) < 4.78 is 1.32. The van der Waals surface area contributed by atoms with Crippen LogP contribution in [0.4, 0.5) is 5.82 Å². The molecule has 96 valence electrons. The lowest BCUT2D eigenvalue weighted by Gasteiger charge is -1.99. The minimum absolute atomic E-state index is 0.249. The molecule has 0 aliphatic heterocycles. The maximum Gasteiger partial charge on any atom is 0.252 e. The zero-order valence-corrected chi connectivity index (χ0v) is 11.1. The van der Waals surface area contributed by atoms with Gasteiger partial charge in [-0.25, -0.2) is 9.97 Å². The van der Waals surface area contributed by atoms with Gasteiger partial charge in [-0.3, -0.25) is 0 Å². The van der Waals surface area contributed by atoms with Crippen LogP contribution in [0.15, 0.2) is 24.7 Å². The molecule has 0 spiro atoms. The molecule has 2 aromatic rings. The summed E-state index contributed by atoms with van der Waals surface area (Å²) in [6, 6.07) is 3.61. The normalized spacial score (nSPS) is 8.17. The van der Waals surface area contributed by atoms with Gasteiger partial charge in [-0.1, -0.05) is 27.7 Å². The summed E-state index contributed by atoms with van der Waals surface area (Å²) in [5.41, 5.74) is 5.96. The number of aromatic nitrogens is 4. The molecule has 0 saturated carbocycles. The lowest BCUT2D eigenvalue weighted by atomic mass is 10.4. The second kappa shape index (κ2) is 8.70. The molecule has 0 atom stereocenters. The Kier molecular flexibility index (Phi) is 7.53. The Morgan fingerprint density at radius 2 is 1.72 bits per heavy atom. The van der Waals surface area contributed by atoms with Gasteiger partial charge in [0.2, 0.25) is 0 Å². The Hall–Kier alpha value is -2.42. The average molecular weight is 246 g/mol. The van der Waals surface area contributed by atoms with Gasteiger partial charge in [0, 0.05) is 12.4 Å². The lowest BCUT2D eigenvalue weighted by Crippen LogP contribution is -2.06. The summed E-state index contributed by atoms with van der Waals surface area (Å²) in [5.74, 6) is 0.602. The summed E-state index contributed by atoms with van der Waals surface area (Å²) in [6.45, 7) is 8.00. The minimum atomic E-state index is 0.249. The highest BCUT2D eigenvalue weighted by Gasteiger charge is 2.09. The van der Waals surface area contributed by atoms with Crippen LogP contribution < -0.4 is 5.73 Å². The van der Waals surface area contributed by atoms with E-state index in [1.165, 1.54) is 10.9 Å². The van der Waals surface area contributed by atoms with Crippen LogP contribution in [0, 0.1) is 11.3 Å². The molecule has 6 nitrogen and oxygen atoms in total. The van der Waals surface area contributed by atoms with Gasteiger partial charge in [-0.15, -0.1) is 0 Å². The van der Waals surface area contributed by atoms with Crippen LogP contribution >= 0.6 is 0 Å². The Morgan fingerprint density at radius 1 is 1.17 bits per heavy atom. The molecule has 2 heterocycles. The first-order valence-corrected chi connectivity index (χ1v) is 5.84. The van der Waals surface area contributed by atoms with Crippen molar-refractivity contribution in [3.05, 3.63) is 30.2 Å². The molecular weight excluding hydrogens is 228 g/mol. The predicted molar refractivity (Wildman–Crippen MR) is 71.0 cm³/mol. The first-order chi connectivity index (χ1) is 8.83. The molecule has 0 unspecified atom stereocenters. The third-order valence-corrected chi connectivity index (χ3v) is 1.67. The zero-order valence-electron chi connectivity index (χ0n) is 11.1. The monoisotopic (exact) mass is 246 g/mol. The van der Waals surface area contributed by atoms with Crippen molar-refractivity contribution in [1.82, 2.24) is 19.7 Å². The summed E-state index contributed by atoms with van der Waals surface area (Å²) in [5, 5.41) is 12.6. The van der Waals surface area contributed by atoms with E-state index in [1.807, 2.05) is 33.8 Å². The van der Waals surface area contributed by atoms with Crippen LogP contribution in [-0.4, -0.2) is 19.7 Å². The quantitative estimate of drug-likeness (QED) is 0.832. The van der Waals surface area contributed by atoms with E-state index in [-0.39, 0.29) is 5.82 Å². The molecule has 0 aliphatic rings. The van der Waals surface area contributed by atoms with E-state index < -0.39 is 0 Å². The highest BCUT2D eigenvalue weighted by Crippen LogP contribution is 2.11. The second-order valence-corrected chi connectivity index (χ2v) is 2.52. The van der Waals surface area contributed by atoms with Gasteiger partial charge < -0.3 is 5.73 Å². The molecular formula is C12H18N6. The molecule has 0 bridgehead atoms. The Morgan fingerprint density at radius 3 is 2.17 bits per heavy atom. The first kappa shape index (κ1) is 15.6. The molecule has 2 aromatic heterocycles. The number of rotatable bonds is 1. The smallest absolute Gasteiger partial charge is 0.252 e. The van der Waals surface area contributed by atoms with E-state index in [2.05, 4.69) is 15.1 Å². The summed E-state index contributed by atoms with van der Waals surface area (Å²) in [4.78, 5) is 7.91. The minimum Gasteiger partial charge on any atom is -0.382 e. The second-order valence-electron chi connectivity index (χ2n) is 2.52. The number of nitrogens with two attached hydrogens (primary N) is 1. The van der Waals surface area contributed by atoms with Crippen molar-refractivity contribution < 1.29 is 0 Å². The van der Waals surface area contributed by atoms with Crippen molar-refractivity contribution in [3.63, 3.8) is 0 Å². The predicted octanol–water partition coefficient (Wildman–Crippen LogP) is 2.17. The number of anilines is 1. The molecule has 0 fully saturated rings. The van der Waals surface area contributed by atoms with Crippen LogP contribution in [0.3, 0.4) is 0 Å². The van der Waals surface area contributed by atoms with Crippen LogP contribution in [0.25, 0.3) is 5.95 Å². The first-order valence-electron chi connectivity index (χ1n) is 5.84. The highest BCUT2D eigenvalue weighted by atomic mass is 15.4. The summed E-state index contributed by atoms with van der Waals surface area (Å²) in [6.07, 6.45) is 4.54. The average Bonchev–Trinajstić information content (AvgIpc) is 2.85. The maximum absolute atomic E-state index is 8.65. The van der Waals surface area contributed by atoms with Gasteiger partial charge in [0.05, 0.1) is 6.20 Å². The summed E-state index contributed by atoms with van der Waals surface area (Å²) in [7, 11) is 0. The third-order valence-electron chi connectivity index (χ3n) is 1.67. The standard InChI is InChI=1S/C8H6N6.2C2H6/c9-4-6-5-13-14(7(6)10)8-11-2-1-3-12-8;2*1-2/h1-3,5H,10H2;2*1-2H3. The Labute approximate surface area is 107 Å². The SMILES string of the molecule is CC.CC.N#Cc1cnn(-c2ncccn2)c1N. The summed E-state index contributed by atoms with van der Waals surface area (Å²) >= 11 is 0. The van der Waals surface area contributed by atoms with Crippen molar-refractivity contribution in [3.8, 4) is 12.0 Å². The number of nitrogen functional groups attached to an aromatic ring is 1. The highest BCUT2D eigenvalue weighted by molar-refractivity contribution is 5.49. The van der Waals surface area contributed by atoms with Gasteiger partial charge in [-0.05, 0) is 6.07 Å². The van der Waals surface area contributed by atoms with E-state index in [4.69, 9.17) is 11.0 Å². The van der Waals surface area contributed by atoms with E-state index in [0.717, 1.165) is 0 Å². The largest absolute Gasteiger partial charge is 0.382 e. The van der Waals surface area contributed by atoms with Crippen molar-refractivity contribution >= 4 is 5.82 Å². The van der Waals surface area contributed by atoms with Crippen LogP contribution in [0.1, 0.15) is 33.3 Å². The van der Waals surface area contributed by atoms with E-state index in [9.17, 15) is 0 Å². The molecule has 2 N–H and O–H groups in total. The van der Waals surface area contributed by atoms with Gasteiger partial charge in [0.25, 0.3) is 5.95 Å². The molecule has 0 saturated heterocycles. The number of nitrogens with zero attached hydrogens (tertiary/aromatic N) is 5. The fourth-order valence-corrected chi connectivity index (χ4v) is 1.00. The third kappa shape index (κ3) is 3.56. The zero-order chi connectivity index (χ0) is 14.0. The molecule has 2 rings (SSSR count). The molecule has 0 aromatic carbocycles. The molecule has 6 heteroatoms. The number of hydrogen-bond donors (Lipinski definition) is 1. The van der Waals surface area contributed by atoms with Crippen molar-refractivity contribution in [2.24, 2.45) is 0 Å². The lowest BCUT2D eigenvalue weighted by molar-refractivity contribution is 0.817. The number of nitriles is 1. The fourth-order valence-electron chi connectivity index (χ4n) is 1.00. The van der Waals surface area contributed by atoms with Crippen LogP contribution in [0.2, 0.25) is 0 Å². The fraction of sp³-hybridized carbons (Fsp3) is 0.333. The van der Waals surface area contributed by atoms with Crippen LogP contribution in [-0.2, 0) is 0 Å². The van der Waals surface area contributed by atoms with E-state index in [0.29, 0.717) is 11.5 Å². The van der Waals surface area contributed by atoms with E-state index in [1.54, 1.807) is 18.5 Å². The van der Waals surface area contributed by atoms with Gasteiger partial charge in [-0.2, -0.15) is 15.0 Å². The molecule has 0 radical (unpaired) electrons. The van der Waals surface area contributed by atoms with Gasteiger partial charge in [0.1, 0.15) is 17.5 Å².